The van der Waals surface area contributed by atoms with Gasteiger partial charge >= 0.3 is 0 Å². The molecular weight excluding hydrogens is 350 g/mol. The first-order chi connectivity index (χ1) is 13.6. The summed E-state index contributed by atoms with van der Waals surface area (Å²) in [5.41, 5.74) is 4.39. The lowest BCUT2D eigenvalue weighted by Gasteiger charge is -2.38. The van der Waals surface area contributed by atoms with Gasteiger partial charge in [-0.1, -0.05) is 47.7 Å². The van der Waals surface area contributed by atoms with E-state index in [1.807, 2.05) is 42.2 Å². The summed E-state index contributed by atoms with van der Waals surface area (Å²) >= 11 is 0. The minimum Gasteiger partial charge on any atom is -0.332 e. The van der Waals surface area contributed by atoms with Crippen LogP contribution in [0.1, 0.15) is 30.0 Å². The first-order valence-electron chi connectivity index (χ1n) is 9.69. The van der Waals surface area contributed by atoms with Crippen molar-refractivity contribution in [3.8, 4) is 16.8 Å². The van der Waals surface area contributed by atoms with Gasteiger partial charge in [0.15, 0.2) is 5.69 Å². The topological polar surface area (TPSA) is 63.1 Å². The van der Waals surface area contributed by atoms with Gasteiger partial charge in [-0.05, 0) is 44.0 Å². The average Bonchev–Trinajstić information content (AvgIpc) is 3.11. The number of benzene rings is 2. The second-order valence-corrected chi connectivity index (χ2v) is 7.33. The maximum atomic E-state index is 13.0. The first kappa shape index (κ1) is 18.4. The van der Waals surface area contributed by atoms with Crippen LogP contribution >= 0.6 is 0 Å². The zero-order chi connectivity index (χ0) is 19.7. The Hall–Kier alpha value is -2.99. The zero-order valence-corrected chi connectivity index (χ0v) is 16.5. The molecule has 2 atom stereocenters. The van der Waals surface area contributed by atoms with Gasteiger partial charge in [-0.3, -0.25) is 4.79 Å². The number of amides is 1. The van der Waals surface area contributed by atoms with Crippen LogP contribution in [0.2, 0.25) is 0 Å². The molecule has 1 amide bonds. The van der Waals surface area contributed by atoms with Crippen LogP contribution in [0.3, 0.4) is 0 Å². The number of rotatable bonds is 3. The Kier molecular flexibility index (Phi) is 4.96. The molecule has 0 aliphatic carbocycles. The van der Waals surface area contributed by atoms with E-state index in [1.165, 1.54) is 5.56 Å². The third kappa shape index (κ3) is 3.31. The van der Waals surface area contributed by atoms with Crippen LogP contribution in [0.5, 0.6) is 0 Å². The van der Waals surface area contributed by atoms with Crippen molar-refractivity contribution < 1.29 is 4.79 Å². The fourth-order valence-electron chi connectivity index (χ4n) is 3.68. The van der Waals surface area contributed by atoms with Crippen LogP contribution in [0, 0.1) is 6.92 Å². The van der Waals surface area contributed by atoms with E-state index in [2.05, 4.69) is 53.7 Å². The Morgan fingerprint density at radius 2 is 1.71 bits per heavy atom. The second-order valence-electron chi connectivity index (χ2n) is 7.33. The summed E-state index contributed by atoms with van der Waals surface area (Å²) in [6.45, 7) is 7.54. The summed E-state index contributed by atoms with van der Waals surface area (Å²) in [4.78, 5) is 14.9. The molecule has 144 valence electrons. The fraction of sp³-hybridized carbons (Fsp3) is 0.318. The number of nitrogens with zero attached hydrogens (tertiary/aromatic N) is 4. The number of hydrogen-bond acceptors (Lipinski definition) is 4. The van der Waals surface area contributed by atoms with Gasteiger partial charge in [0.25, 0.3) is 5.91 Å². The van der Waals surface area contributed by atoms with Crippen molar-refractivity contribution in [2.45, 2.75) is 32.9 Å². The van der Waals surface area contributed by atoms with E-state index in [4.69, 9.17) is 0 Å². The molecule has 1 N–H and O–H groups in total. The molecule has 4 rings (SSSR count). The molecule has 0 saturated carbocycles. The molecule has 2 unspecified atom stereocenters. The van der Waals surface area contributed by atoms with Crippen LogP contribution in [-0.4, -0.2) is 51.0 Å². The van der Waals surface area contributed by atoms with E-state index < -0.39 is 0 Å². The summed E-state index contributed by atoms with van der Waals surface area (Å²) in [5.74, 6) is -0.0505. The number of aromatic nitrogens is 3. The molecule has 2 aromatic carbocycles. The maximum Gasteiger partial charge on any atom is 0.276 e. The van der Waals surface area contributed by atoms with Crippen LogP contribution in [0.25, 0.3) is 16.8 Å². The van der Waals surface area contributed by atoms with Crippen molar-refractivity contribution in [2.24, 2.45) is 0 Å². The molecule has 2 heterocycles. The Labute approximate surface area is 165 Å². The number of nitrogens with one attached hydrogen (secondary N) is 1. The Balaban J connectivity index is 1.59. The molecule has 28 heavy (non-hydrogen) atoms. The largest absolute Gasteiger partial charge is 0.332 e. The number of carbonyl (C=O) groups is 1. The maximum absolute atomic E-state index is 13.0. The molecule has 0 bridgehead atoms. The van der Waals surface area contributed by atoms with Crippen molar-refractivity contribution in [1.82, 2.24) is 25.2 Å². The van der Waals surface area contributed by atoms with Crippen molar-refractivity contribution in [3.05, 3.63) is 66.0 Å². The molecule has 1 saturated heterocycles. The van der Waals surface area contributed by atoms with Gasteiger partial charge < -0.3 is 10.2 Å². The molecule has 1 aliphatic rings. The van der Waals surface area contributed by atoms with Crippen LogP contribution in [0.4, 0.5) is 0 Å². The third-order valence-electron chi connectivity index (χ3n) is 5.61. The zero-order valence-electron chi connectivity index (χ0n) is 16.5. The van der Waals surface area contributed by atoms with Gasteiger partial charge in [0.1, 0.15) is 0 Å². The predicted molar refractivity (Wildman–Crippen MR) is 109 cm³/mol. The van der Waals surface area contributed by atoms with Crippen LogP contribution in [-0.2, 0) is 0 Å². The molecular formula is C22H25N5O. The summed E-state index contributed by atoms with van der Waals surface area (Å²) in [6, 6.07) is 18.8. The summed E-state index contributed by atoms with van der Waals surface area (Å²) in [5, 5.41) is 11.9. The summed E-state index contributed by atoms with van der Waals surface area (Å²) in [6.07, 6.45) is 0. The van der Waals surface area contributed by atoms with Crippen molar-refractivity contribution >= 4 is 5.91 Å². The predicted octanol–water partition coefficient (Wildman–Crippen LogP) is 3.07. The highest BCUT2D eigenvalue weighted by Crippen LogP contribution is 2.22. The first-order valence-corrected chi connectivity index (χ1v) is 9.69. The highest BCUT2D eigenvalue weighted by molar-refractivity contribution is 5.93. The van der Waals surface area contributed by atoms with E-state index in [-0.39, 0.29) is 18.0 Å². The Morgan fingerprint density at radius 3 is 2.43 bits per heavy atom. The minimum atomic E-state index is -0.0505. The Morgan fingerprint density at radius 1 is 1.04 bits per heavy atom. The number of carbonyl (C=O) groups excluding carboxylic acids is 1. The normalized spacial score (nSPS) is 19.6. The number of hydrogen-bond donors (Lipinski definition) is 1. The molecule has 3 aromatic rings. The van der Waals surface area contributed by atoms with E-state index in [0.717, 1.165) is 23.5 Å². The molecule has 1 aliphatic heterocycles. The summed E-state index contributed by atoms with van der Waals surface area (Å²) in [7, 11) is 0. The molecule has 6 heteroatoms. The van der Waals surface area contributed by atoms with E-state index in [0.29, 0.717) is 12.2 Å². The lowest BCUT2D eigenvalue weighted by atomic mass is 10.1. The molecule has 0 spiro atoms. The molecule has 1 aromatic heterocycles. The SMILES string of the molecule is Cc1c(C(=O)N2CCNC(C)C2C)nnn1-c1ccc(-c2ccccc2)cc1. The smallest absolute Gasteiger partial charge is 0.276 e. The van der Waals surface area contributed by atoms with E-state index >= 15 is 0 Å². The van der Waals surface area contributed by atoms with Gasteiger partial charge in [0.05, 0.1) is 11.4 Å². The van der Waals surface area contributed by atoms with E-state index in [1.54, 1.807) is 4.68 Å². The van der Waals surface area contributed by atoms with Gasteiger partial charge in [-0.25, -0.2) is 4.68 Å². The molecule has 0 radical (unpaired) electrons. The minimum absolute atomic E-state index is 0.0505. The molecule has 1 fully saturated rings. The third-order valence-corrected chi connectivity index (χ3v) is 5.61. The lowest BCUT2D eigenvalue weighted by molar-refractivity contribution is 0.0596. The van der Waals surface area contributed by atoms with Crippen LogP contribution in [0.15, 0.2) is 54.6 Å². The van der Waals surface area contributed by atoms with Gasteiger partial charge in [-0.15, -0.1) is 5.10 Å². The highest BCUT2D eigenvalue weighted by atomic mass is 16.2. The fourth-order valence-corrected chi connectivity index (χ4v) is 3.68. The quantitative estimate of drug-likeness (QED) is 0.764. The van der Waals surface area contributed by atoms with Crippen molar-refractivity contribution in [2.75, 3.05) is 13.1 Å². The number of piperazine rings is 1. The van der Waals surface area contributed by atoms with Crippen molar-refractivity contribution in [1.29, 1.82) is 0 Å². The average molecular weight is 375 g/mol. The lowest BCUT2D eigenvalue weighted by Crippen LogP contribution is -2.57. The van der Waals surface area contributed by atoms with Crippen LogP contribution < -0.4 is 5.32 Å². The highest BCUT2D eigenvalue weighted by Gasteiger charge is 2.31. The van der Waals surface area contributed by atoms with Gasteiger partial charge in [0, 0.05) is 25.2 Å². The summed E-state index contributed by atoms with van der Waals surface area (Å²) < 4.78 is 1.73. The molecule has 6 nitrogen and oxygen atoms in total. The van der Waals surface area contributed by atoms with Gasteiger partial charge in [0.2, 0.25) is 0 Å². The monoisotopic (exact) mass is 375 g/mol. The second kappa shape index (κ2) is 7.56. The van der Waals surface area contributed by atoms with E-state index in [9.17, 15) is 4.79 Å². The Bertz CT molecular complexity index is 964. The standard InChI is InChI=1S/C22H25N5O/c1-15-16(2)26(14-13-23-15)22(28)21-17(3)27(25-24-21)20-11-9-19(10-12-20)18-7-5-4-6-8-18/h4-12,15-16,23H,13-14H2,1-3H3. The van der Waals surface area contributed by atoms with Gasteiger partial charge in [-0.2, -0.15) is 0 Å². The van der Waals surface area contributed by atoms with Crippen molar-refractivity contribution in [3.63, 3.8) is 0 Å².